The topological polar surface area (TPSA) is 9.23 Å². The molecule has 0 N–H and O–H groups in total. The number of hydrogen-bond donors (Lipinski definition) is 0. The average Bonchev–Trinajstić information content (AvgIpc) is 2.05. The van der Waals surface area contributed by atoms with Crippen LogP contribution in [0.25, 0.3) is 0 Å². The first-order valence-electron chi connectivity index (χ1n) is 3.74. The minimum absolute atomic E-state index is 0.949. The van der Waals surface area contributed by atoms with E-state index in [0.29, 0.717) is 0 Å². The maximum atomic E-state index is 5.21. The number of hydrogen-bond acceptors (Lipinski definition) is 2. The first-order valence-corrected chi connectivity index (χ1v) is 5.52. The molecule has 0 bridgehead atoms. The highest BCUT2D eigenvalue weighted by Crippen LogP contribution is 2.31. The predicted molar refractivity (Wildman–Crippen MR) is 57.1 cm³/mol. The number of benzene rings is 1. The molecule has 0 aliphatic carbocycles. The Labute approximate surface area is 85.6 Å². The summed E-state index contributed by atoms with van der Waals surface area (Å²) < 4.78 is 6.31. The Kier molecular flexibility index (Phi) is 3.95. The molecule has 66 valence electrons. The summed E-state index contributed by atoms with van der Waals surface area (Å²) in [5, 5.41) is 0. The van der Waals surface area contributed by atoms with Crippen LogP contribution in [0.2, 0.25) is 0 Å². The van der Waals surface area contributed by atoms with Crippen molar-refractivity contribution in [2.24, 2.45) is 0 Å². The van der Waals surface area contributed by atoms with Crippen LogP contribution in [-0.4, -0.2) is 12.9 Å². The Morgan fingerprint density at radius 1 is 1.50 bits per heavy atom. The van der Waals surface area contributed by atoms with Crippen molar-refractivity contribution < 1.29 is 4.74 Å². The predicted octanol–water partition coefficient (Wildman–Crippen LogP) is 3.57. The van der Waals surface area contributed by atoms with Gasteiger partial charge in [-0.3, -0.25) is 0 Å². The smallest absolute Gasteiger partial charge is 0.132 e. The zero-order valence-electron chi connectivity index (χ0n) is 7.13. The second-order valence-corrected chi connectivity index (χ2v) is 4.45. The highest BCUT2D eigenvalue weighted by Gasteiger charge is 2.01. The van der Waals surface area contributed by atoms with E-state index in [1.54, 1.807) is 18.9 Å². The lowest BCUT2D eigenvalue weighted by Crippen LogP contribution is -1.85. The maximum absolute atomic E-state index is 5.21. The van der Waals surface area contributed by atoms with E-state index in [-0.39, 0.29) is 0 Å². The number of methoxy groups -OCH3 is 1. The van der Waals surface area contributed by atoms with Gasteiger partial charge in [-0.25, -0.2) is 0 Å². The second kappa shape index (κ2) is 4.77. The van der Waals surface area contributed by atoms with Crippen molar-refractivity contribution in [1.29, 1.82) is 0 Å². The van der Waals surface area contributed by atoms with E-state index in [1.165, 1.54) is 4.90 Å². The van der Waals surface area contributed by atoms with Crippen LogP contribution in [0.5, 0.6) is 5.75 Å². The van der Waals surface area contributed by atoms with Gasteiger partial charge in [0.1, 0.15) is 5.75 Å². The normalized spacial score (nSPS) is 9.92. The van der Waals surface area contributed by atoms with E-state index in [1.807, 2.05) is 12.1 Å². The van der Waals surface area contributed by atoms with E-state index in [2.05, 4.69) is 28.9 Å². The first-order chi connectivity index (χ1) is 5.77. The Balaban J connectivity index is 2.95. The molecule has 0 atom stereocenters. The van der Waals surface area contributed by atoms with Gasteiger partial charge < -0.3 is 4.74 Å². The number of thioether (sulfide) groups is 1. The van der Waals surface area contributed by atoms with E-state index in [0.717, 1.165) is 16.0 Å². The van der Waals surface area contributed by atoms with Gasteiger partial charge in [0, 0.05) is 4.47 Å². The van der Waals surface area contributed by atoms with Crippen LogP contribution in [0, 0.1) is 0 Å². The van der Waals surface area contributed by atoms with Crippen molar-refractivity contribution in [2.45, 2.75) is 11.8 Å². The highest BCUT2D eigenvalue weighted by molar-refractivity contribution is 9.10. The van der Waals surface area contributed by atoms with Gasteiger partial charge in [-0.1, -0.05) is 22.9 Å². The minimum Gasteiger partial charge on any atom is -0.496 e. The van der Waals surface area contributed by atoms with E-state index >= 15 is 0 Å². The summed E-state index contributed by atoms with van der Waals surface area (Å²) in [5.41, 5.74) is 0. The van der Waals surface area contributed by atoms with Gasteiger partial charge in [0.25, 0.3) is 0 Å². The van der Waals surface area contributed by atoms with Gasteiger partial charge in [0.2, 0.25) is 0 Å². The molecule has 12 heavy (non-hydrogen) atoms. The first kappa shape index (κ1) is 9.93. The molecule has 0 spiro atoms. The van der Waals surface area contributed by atoms with Crippen LogP contribution >= 0.6 is 27.7 Å². The molecular weight excluding hydrogens is 236 g/mol. The molecule has 0 saturated carbocycles. The summed E-state index contributed by atoms with van der Waals surface area (Å²) in [6.07, 6.45) is 0. The molecular formula is C9H11BrOS. The fraction of sp³-hybridized carbons (Fsp3) is 0.333. The molecule has 0 radical (unpaired) electrons. The van der Waals surface area contributed by atoms with Crippen molar-refractivity contribution in [2.75, 3.05) is 12.9 Å². The molecule has 0 fully saturated rings. The highest BCUT2D eigenvalue weighted by atomic mass is 79.9. The number of halogens is 1. The van der Waals surface area contributed by atoms with Crippen LogP contribution in [-0.2, 0) is 0 Å². The zero-order valence-corrected chi connectivity index (χ0v) is 9.54. The molecule has 0 heterocycles. The number of rotatable bonds is 3. The maximum Gasteiger partial charge on any atom is 0.132 e. The molecule has 0 aromatic heterocycles. The fourth-order valence-corrected chi connectivity index (χ4v) is 2.25. The molecule has 1 rings (SSSR count). The largest absolute Gasteiger partial charge is 0.496 e. The molecule has 1 aromatic carbocycles. The summed E-state index contributed by atoms with van der Waals surface area (Å²) in [4.78, 5) is 1.19. The molecule has 0 amide bonds. The van der Waals surface area contributed by atoms with Crippen molar-refractivity contribution in [3.05, 3.63) is 22.7 Å². The fourth-order valence-electron chi connectivity index (χ4n) is 0.919. The third-order valence-corrected chi connectivity index (χ3v) is 2.84. The summed E-state index contributed by atoms with van der Waals surface area (Å²) in [5.74, 6) is 2.01. The van der Waals surface area contributed by atoms with Crippen LogP contribution < -0.4 is 4.74 Å². The Hall–Kier alpha value is -0.150. The summed E-state index contributed by atoms with van der Waals surface area (Å²) in [6, 6.07) is 6.04. The Morgan fingerprint density at radius 3 is 2.83 bits per heavy atom. The summed E-state index contributed by atoms with van der Waals surface area (Å²) in [7, 11) is 1.70. The van der Waals surface area contributed by atoms with Gasteiger partial charge >= 0.3 is 0 Å². The lowest BCUT2D eigenvalue weighted by molar-refractivity contribution is 0.404. The van der Waals surface area contributed by atoms with E-state index < -0.39 is 0 Å². The van der Waals surface area contributed by atoms with E-state index in [9.17, 15) is 0 Å². The lowest BCUT2D eigenvalue weighted by Gasteiger charge is -2.06. The van der Waals surface area contributed by atoms with Gasteiger partial charge in [0.15, 0.2) is 0 Å². The molecule has 1 aromatic rings. The molecule has 1 nitrogen and oxygen atoms in total. The molecule has 0 aliphatic rings. The summed E-state index contributed by atoms with van der Waals surface area (Å²) in [6.45, 7) is 2.13. The molecule has 0 aliphatic heterocycles. The summed E-state index contributed by atoms with van der Waals surface area (Å²) >= 11 is 5.21. The van der Waals surface area contributed by atoms with Crippen LogP contribution in [0.3, 0.4) is 0 Å². The van der Waals surface area contributed by atoms with Crippen LogP contribution in [0.15, 0.2) is 27.6 Å². The van der Waals surface area contributed by atoms with Crippen LogP contribution in [0.1, 0.15) is 6.92 Å². The van der Waals surface area contributed by atoms with Crippen LogP contribution in [0.4, 0.5) is 0 Å². The van der Waals surface area contributed by atoms with Crippen molar-refractivity contribution in [3.63, 3.8) is 0 Å². The molecule has 0 saturated heterocycles. The van der Waals surface area contributed by atoms with Crippen molar-refractivity contribution in [1.82, 2.24) is 0 Å². The minimum atomic E-state index is 0.949. The third-order valence-electron chi connectivity index (χ3n) is 1.43. The third kappa shape index (κ3) is 2.42. The number of ether oxygens (including phenoxy) is 1. The van der Waals surface area contributed by atoms with Gasteiger partial charge in [0.05, 0.1) is 12.0 Å². The Bertz CT molecular complexity index is 263. The van der Waals surface area contributed by atoms with Crippen molar-refractivity contribution >= 4 is 27.7 Å². The molecule has 0 unspecified atom stereocenters. The SMILES string of the molecule is CCSc1cc(Br)ccc1OC. The standard InChI is InChI=1S/C9H11BrOS/c1-3-12-9-6-7(10)4-5-8(9)11-2/h4-6H,3H2,1-2H3. The average molecular weight is 247 g/mol. The zero-order chi connectivity index (χ0) is 8.97. The quantitative estimate of drug-likeness (QED) is 0.755. The molecule has 3 heteroatoms. The van der Waals surface area contributed by atoms with Gasteiger partial charge in [-0.05, 0) is 24.0 Å². The Morgan fingerprint density at radius 2 is 2.25 bits per heavy atom. The second-order valence-electron chi connectivity index (χ2n) is 2.23. The van der Waals surface area contributed by atoms with E-state index in [4.69, 9.17) is 4.74 Å². The lowest BCUT2D eigenvalue weighted by atomic mass is 10.3. The van der Waals surface area contributed by atoms with Gasteiger partial charge in [-0.2, -0.15) is 0 Å². The van der Waals surface area contributed by atoms with Crippen molar-refractivity contribution in [3.8, 4) is 5.75 Å². The van der Waals surface area contributed by atoms with Gasteiger partial charge in [-0.15, -0.1) is 11.8 Å². The monoisotopic (exact) mass is 246 g/mol.